The Labute approximate surface area is 162 Å². The van der Waals surface area contributed by atoms with E-state index in [9.17, 15) is 18.4 Å². The Bertz CT molecular complexity index is 1020. The van der Waals surface area contributed by atoms with E-state index in [1.165, 1.54) is 17.4 Å². The third-order valence-electron chi connectivity index (χ3n) is 3.86. The molecule has 2 aromatic carbocycles. The van der Waals surface area contributed by atoms with Crippen molar-refractivity contribution in [1.82, 2.24) is 5.32 Å². The van der Waals surface area contributed by atoms with Crippen LogP contribution in [0.25, 0.3) is 10.1 Å². The van der Waals surface area contributed by atoms with Crippen LogP contribution in [0.3, 0.4) is 0 Å². The van der Waals surface area contributed by atoms with Gasteiger partial charge in [-0.05, 0) is 19.1 Å². The molecule has 0 fully saturated rings. The van der Waals surface area contributed by atoms with Crippen molar-refractivity contribution in [3.05, 3.63) is 69.6 Å². The van der Waals surface area contributed by atoms with Gasteiger partial charge in [0.2, 0.25) is 0 Å². The number of amides is 1. The molecule has 0 spiro atoms. The first-order valence-electron chi connectivity index (χ1n) is 7.95. The fraction of sp³-hybridized carbons (Fsp3) is 0.158. The maximum Gasteiger partial charge on any atom is 0.350 e. The predicted octanol–water partition coefficient (Wildman–Crippen LogP) is 4.87. The van der Waals surface area contributed by atoms with E-state index in [0.717, 1.165) is 22.2 Å². The number of esters is 1. The minimum Gasteiger partial charge on any atom is -0.451 e. The zero-order chi connectivity index (χ0) is 19.6. The first kappa shape index (κ1) is 19.3. The smallest absolute Gasteiger partial charge is 0.350 e. The molecule has 0 aliphatic carbocycles. The zero-order valence-corrected chi connectivity index (χ0v) is 15.7. The number of carbonyl (C=O) groups excluding carboxylic acids is 2. The van der Waals surface area contributed by atoms with Crippen LogP contribution in [0.2, 0.25) is 5.02 Å². The van der Waals surface area contributed by atoms with Gasteiger partial charge in [0.25, 0.3) is 5.91 Å². The van der Waals surface area contributed by atoms with E-state index in [0.29, 0.717) is 0 Å². The summed E-state index contributed by atoms with van der Waals surface area (Å²) in [7, 11) is 0. The molecule has 3 aromatic rings. The normalized spacial score (nSPS) is 12.0. The number of thiophene rings is 1. The van der Waals surface area contributed by atoms with E-state index in [1.807, 2.05) is 12.1 Å². The number of rotatable bonds is 5. The fourth-order valence-electron chi connectivity index (χ4n) is 2.56. The molecular weight excluding hydrogens is 396 g/mol. The molecule has 1 aromatic heterocycles. The Balaban J connectivity index is 1.61. The van der Waals surface area contributed by atoms with Gasteiger partial charge in [-0.3, -0.25) is 4.79 Å². The van der Waals surface area contributed by atoms with Crippen molar-refractivity contribution in [2.75, 3.05) is 6.61 Å². The molecule has 27 heavy (non-hydrogen) atoms. The summed E-state index contributed by atoms with van der Waals surface area (Å²) in [4.78, 5) is 24.4. The number of benzene rings is 2. The Morgan fingerprint density at radius 2 is 1.96 bits per heavy atom. The summed E-state index contributed by atoms with van der Waals surface area (Å²) < 4.78 is 32.5. The number of halogens is 3. The highest BCUT2D eigenvalue weighted by molar-refractivity contribution is 7.21. The largest absolute Gasteiger partial charge is 0.451 e. The van der Waals surface area contributed by atoms with Gasteiger partial charge in [0.05, 0.1) is 11.1 Å². The average Bonchev–Trinajstić information content (AvgIpc) is 2.97. The van der Waals surface area contributed by atoms with Gasteiger partial charge < -0.3 is 10.1 Å². The second-order valence-electron chi connectivity index (χ2n) is 5.77. The third kappa shape index (κ3) is 4.26. The first-order valence-corrected chi connectivity index (χ1v) is 9.14. The summed E-state index contributed by atoms with van der Waals surface area (Å²) in [5.74, 6) is -2.80. The Kier molecular flexibility index (Phi) is 5.72. The van der Waals surface area contributed by atoms with Gasteiger partial charge in [-0.25, -0.2) is 13.6 Å². The van der Waals surface area contributed by atoms with Crippen molar-refractivity contribution in [2.45, 2.75) is 13.0 Å². The zero-order valence-electron chi connectivity index (χ0n) is 14.1. The molecule has 0 aliphatic rings. The molecule has 0 bridgehead atoms. The van der Waals surface area contributed by atoms with Crippen molar-refractivity contribution in [3.63, 3.8) is 0 Å². The number of ether oxygens (including phenoxy) is 1. The van der Waals surface area contributed by atoms with Gasteiger partial charge >= 0.3 is 5.97 Å². The van der Waals surface area contributed by atoms with Crippen LogP contribution in [0.5, 0.6) is 0 Å². The number of carbonyl (C=O) groups is 2. The third-order valence-corrected chi connectivity index (χ3v) is 5.52. The maximum atomic E-state index is 13.7. The molecule has 1 heterocycles. The number of nitrogens with one attached hydrogen (secondary N) is 1. The Morgan fingerprint density at radius 3 is 2.67 bits per heavy atom. The van der Waals surface area contributed by atoms with Crippen molar-refractivity contribution in [2.24, 2.45) is 0 Å². The van der Waals surface area contributed by atoms with Gasteiger partial charge in [0.1, 0.15) is 16.5 Å². The number of fused-ring (bicyclic) bond motifs is 1. The first-order chi connectivity index (χ1) is 12.9. The van der Waals surface area contributed by atoms with E-state index >= 15 is 0 Å². The quantitative estimate of drug-likeness (QED) is 0.612. The van der Waals surface area contributed by atoms with Gasteiger partial charge in [0.15, 0.2) is 6.61 Å². The minimum atomic E-state index is -0.767. The van der Waals surface area contributed by atoms with Gasteiger partial charge in [-0.2, -0.15) is 0 Å². The van der Waals surface area contributed by atoms with Crippen LogP contribution in [0.4, 0.5) is 8.78 Å². The second-order valence-corrected chi connectivity index (χ2v) is 7.20. The van der Waals surface area contributed by atoms with E-state index in [4.69, 9.17) is 16.3 Å². The lowest BCUT2D eigenvalue weighted by atomic mass is 10.1. The lowest BCUT2D eigenvalue weighted by molar-refractivity contribution is -0.124. The molecule has 1 N–H and O–H groups in total. The molecule has 0 radical (unpaired) electrons. The van der Waals surface area contributed by atoms with Crippen LogP contribution in [0.15, 0.2) is 42.5 Å². The van der Waals surface area contributed by atoms with E-state index < -0.39 is 36.2 Å². The highest BCUT2D eigenvalue weighted by Gasteiger charge is 2.20. The van der Waals surface area contributed by atoms with Crippen LogP contribution < -0.4 is 5.32 Å². The van der Waals surface area contributed by atoms with Gasteiger partial charge in [0, 0.05) is 21.7 Å². The summed E-state index contributed by atoms with van der Waals surface area (Å²) in [6.45, 7) is 0.995. The van der Waals surface area contributed by atoms with Crippen LogP contribution in [-0.4, -0.2) is 18.5 Å². The minimum absolute atomic E-state index is 0.128. The molecule has 0 saturated heterocycles. The number of hydrogen-bond acceptors (Lipinski definition) is 4. The lowest BCUT2D eigenvalue weighted by Gasteiger charge is -2.15. The van der Waals surface area contributed by atoms with Gasteiger partial charge in [-0.15, -0.1) is 11.3 Å². The average molecular weight is 410 g/mol. The monoisotopic (exact) mass is 409 g/mol. The van der Waals surface area contributed by atoms with Crippen molar-refractivity contribution < 1.29 is 23.1 Å². The van der Waals surface area contributed by atoms with Crippen molar-refractivity contribution in [1.29, 1.82) is 0 Å². The Morgan fingerprint density at radius 1 is 1.22 bits per heavy atom. The lowest BCUT2D eigenvalue weighted by Crippen LogP contribution is -2.31. The molecule has 0 saturated carbocycles. The highest BCUT2D eigenvalue weighted by Crippen LogP contribution is 2.35. The molecule has 0 aliphatic heterocycles. The molecule has 1 unspecified atom stereocenters. The van der Waals surface area contributed by atoms with Crippen LogP contribution in [0, 0.1) is 11.6 Å². The summed E-state index contributed by atoms with van der Waals surface area (Å²) in [5, 5.41) is 3.51. The van der Waals surface area contributed by atoms with E-state index in [-0.39, 0.29) is 15.5 Å². The van der Waals surface area contributed by atoms with E-state index in [2.05, 4.69) is 5.32 Å². The Hall–Kier alpha value is -2.51. The summed E-state index contributed by atoms with van der Waals surface area (Å²) in [5.41, 5.74) is 0.128. The van der Waals surface area contributed by atoms with Crippen LogP contribution in [-0.2, 0) is 9.53 Å². The summed E-state index contributed by atoms with van der Waals surface area (Å²) in [6.07, 6.45) is 0. The summed E-state index contributed by atoms with van der Waals surface area (Å²) >= 11 is 7.37. The number of hydrogen-bond donors (Lipinski definition) is 1. The van der Waals surface area contributed by atoms with Crippen LogP contribution >= 0.6 is 22.9 Å². The maximum absolute atomic E-state index is 13.7. The fourth-order valence-corrected chi connectivity index (χ4v) is 3.96. The van der Waals surface area contributed by atoms with Crippen LogP contribution in [0.1, 0.15) is 28.2 Å². The second kappa shape index (κ2) is 8.02. The molecule has 8 heteroatoms. The van der Waals surface area contributed by atoms with Gasteiger partial charge in [-0.1, -0.05) is 35.9 Å². The standard InChI is InChI=1S/C19H14ClF2NO3S/c1-10(12-7-6-11(21)8-14(12)22)23-16(24)9-26-19(25)18-17(20)13-4-2-3-5-15(13)27-18/h2-8,10H,9H2,1H3,(H,23,24). The topological polar surface area (TPSA) is 55.4 Å². The SMILES string of the molecule is CC(NC(=O)COC(=O)c1sc2ccccc2c1Cl)c1ccc(F)cc1F. The molecule has 140 valence electrons. The van der Waals surface area contributed by atoms with Crippen molar-refractivity contribution >= 4 is 44.9 Å². The summed E-state index contributed by atoms with van der Waals surface area (Å²) in [6, 6.07) is 9.62. The molecule has 3 rings (SSSR count). The van der Waals surface area contributed by atoms with E-state index in [1.54, 1.807) is 19.1 Å². The molecule has 4 nitrogen and oxygen atoms in total. The molecule has 1 amide bonds. The van der Waals surface area contributed by atoms with Crippen molar-refractivity contribution in [3.8, 4) is 0 Å². The highest BCUT2D eigenvalue weighted by atomic mass is 35.5. The molecule has 1 atom stereocenters. The predicted molar refractivity (Wildman–Crippen MR) is 100 cm³/mol. The molecular formula is C19H14ClF2NO3S.